The summed E-state index contributed by atoms with van der Waals surface area (Å²) in [5.74, 6) is -10.4. The smallest absolute Gasteiger partial charge is 0.306 e. The average Bonchev–Trinajstić information content (AvgIpc) is 2.91. The lowest BCUT2D eigenvalue weighted by molar-refractivity contribution is -0.184. The second kappa shape index (κ2) is 11.6. The molecule has 0 unspecified atom stereocenters. The monoisotopic (exact) mass is 586 g/mol. The number of hydrogen-bond donors (Lipinski definition) is 5. The Bertz CT molecular complexity index is 1410. The number of phenols is 1. The summed E-state index contributed by atoms with van der Waals surface area (Å²) in [4.78, 5) is 66.3. The van der Waals surface area contributed by atoms with E-state index in [1.165, 1.54) is 31.1 Å². The number of ketones is 2. The molecule has 1 saturated carbocycles. The Morgan fingerprint density at radius 3 is 2.38 bits per heavy atom. The highest BCUT2D eigenvalue weighted by Gasteiger charge is 2.68. The molecule has 42 heavy (non-hydrogen) atoms. The van der Waals surface area contributed by atoms with Gasteiger partial charge in [0.05, 0.1) is 37.0 Å². The number of carbonyl (C=O) groups excluding carboxylic acids is 5. The lowest BCUT2D eigenvalue weighted by Gasteiger charge is -2.53. The van der Waals surface area contributed by atoms with E-state index in [2.05, 4.69) is 0 Å². The van der Waals surface area contributed by atoms with E-state index in [4.69, 9.17) is 15.2 Å². The Kier molecular flexibility index (Phi) is 8.46. The highest BCUT2D eigenvalue weighted by atomic mass is 16.5. The number of aliphatic hydroxyl groups is 3. The van der Waals surface area contributed by atoms with Crippen LogP contribution in [0.1, 0.15) is 43.7 Å². The molecule has 0 aromatic heterocycles. The minimum absolute atomic E-state index is 0.0695. The van der Waals surface area contributed by atoms with Gasteiger partial charge in [-0.2, -0.15) is 0 Å². The van der Waals surface area contributed by atoms with Gasteiger partial charge in [-0.15, -0.1) is 0 Å². The average molecular weight is 587 g/mol. The van der Waals surface area contributed by atoms with Crippen molar-refractivity contribution in [1.29, 1.82) is 0 Å². The molecule has 0 radical (unpaired) electrons. The number of nitrogens with two attached hydrogens (primary N) is 1. The van der Waals surface area contributed by atoms with Crippen molar-refractivity contribution >= 4 is 35.2 Å². The number of phenolic OH excluding ortho intramolecular Hbond substituents is 1. The van der Waals surface area contributed by atoms with E-state index < -0.39 is 88.1 Å². The maximum Gasteiger partial charge on any atom is 0.306 e. The number of hydrogen-bond acceptors (Lipinski definition) is 12. The molecule has 5 atom stereocenters. The summed E-state index contributed by atoms with van der Waals surface area (Å²) in [6, 6.07) is 2.89. The summed E-state index contributed by atoms with van der Waals surface area (Å²) in [6.07, 6.45) is -0.920. The molecule has 0 spiro atoms. The van der Waals surface area contributed by atoms with Crippen molar-refractivity contribution in [2.45, 2.75) is 56.8 Å². The molecule has 13 nitrogen and oxygen atoms in total. The van der Waals surface area contributed by atoms with E-state index in [0.29, 0.717) is 12.0 Å². The van der Waals surface area contributed by atoms with Gasteiger partial charge in [0.15, 0.2) is 11.4 Å². The van der Waals surface area contributed by atoms with Gasteiger partial charge in [0.2, 0.25) is 5.78 Å². The molecular formula is C29H34N2O11. The summed E-state index contributed by atoms with van der Waals surface area (Å²) in [5, 5.41) is 44.8. The largest absolute Gasteiger partial charge is 0.508 e. The van der Waals surface area contributed by atoms with Gasteiger partial charge in [-0.1, -0.05) is 25.5 Å². The number of likely N-dealkylation sites (N-methyl/N-ethyl adjacent to an activating group) is 1. The highest BCUT2D eigenvalue weighted by Crippen LogP contribution is 2.53. The zero-order valence-electron chi connectivity index (χ0n) is 23.5. The zero-order chi connectivity index (χ0) is 31.1. The number of fused-ring (bicyclic) bond motifs is 3. The van der Waals surface area contributed by atoms with Gasteiger partial charge in [0.25, 0.3) is 5.91 Å². The van der Waals surface area contributed by atoms with E-state index in [9.17, 15) is 44.4 Å². The maximum absolute atomic E-state index is 14.0. The molecular weight excluding hydrogens is 552 g/mol. The first-order valence-corrected chi connectivity index (χ1v) is 13.6. The second-order valence-corrected chi connectivity index (χ2v) is 10.9. The van der Waals surface area contributed by atoms with E-state index in [-0.39, 0.29) is 30.8 Å². The van der Waals surface area contributed by atoms with Crippen molar-refractivity contribution in [2.75, 3.05) is 20.7 Å². The third-order valence-corrected chi connectivity index (χ3v) is 8.07. The van der Waals surface area contributed by atoms with Crippen LogP contribution in [0.5, 0.6) is 5.75 Å². The van der Waals surface area contributed by atoms with Crippen LogP contribution < -0.4 is 5.73 Å². The summed E-state index contributed by atoms with van der Waals surface area (Å²) in [6.45, 7) is 2.11. The molecule has 3 aliphatic rings. The summed E-state index contributed by atoms with van der Waals surface area (Å²) in [5.41, 5.74) is 1.16. The minimum Gasteiger partial charge on any atom is -0.508 e. The third-order valence-electron chi connectivity index (χ3n) is 8.07. The number of Topliss-reactive ketones (excluding diaryl/α,β-unsaturated/α-hetero) is 2. The van der Waals surface area contributed by atoms with Crippen LogP contribution in [0.15, 0.2) is 35.1 Å². The SMILES string of the molecule is CCCCOC(=O)CCC(=O)O[C@H]1[C@@H]2[C@@H](N(C)C)C(=O)C(C(N)=O)=C(O)[C@]2(O)C(=O)C2=C(O)c3c(O)cccc3C[C@@H]21. The van der Waals surface area contributed by atoms with Crippen molar-refractivity contribution < 1.29 is 53.9 Å². The lowest BCUT2D eigenvalue weighted by atomic mass is 9.56. The topological polar surface area (TPSA) is 214 Å². The number of primary amides is 1. The predicted molar refractivity (Wildman–Crippen MR) is 145 cm³/mol. The number of amides is 1. The number of carbonyl (C=O) groups is 5. The maximum atomic E-state index is 14.0. The number of aliphatic hydroxyl groups excluding tert-OH is 2. The number of aromatic hydroxyl groups is 1. The third kappa shape index (κ3) is 4.92. The standard InChI is InChI=1S/C29H34N2O11/c1-4-5-11-41-16(33)9-10-17(34)42-25-14-12-13-7-6-8-15(32)18(13)23(35)19(14)26(37)29(40)21(25)22(31(2)3)24(36)20(27(29)38)28(30)39/h6-8,14,21-22,25,32,35,38,40H,4-5,9-12H2,1-3H3,(H2,30,39)/t14-,21-,22+,25+,29+/m0/s1. The molecule has 4 rings (SSSR count). The van der Waals surface area contributed by atoms with Crippen molar-refractivity contribution in [3.05, 3.63) is 46.2 Å². The molecule has 0 heterocycles. The Morgan fingerprint density at radius 1 is 1.10 bits per heavy atom. The molecule has 0 saturated heterocycles. The van der Waals surface area contributed by atoms with Gasteiger partial charge in [-0.3, -0.25) is 28.9 Å². The summed E-state index contributed by atoms with van der Waals surface area (Å²) in [7, 11) is 2.85. The second-order valence-electron chi connectivity index (χ2n) is 10.9. The van der Waals surface area contributed by atoms with Gasteiger partial charge in [0, 0.05) is 11.5 Å². The first kappa shape index (κ1) is 30.7. The Balaban J connectivity index is 1.85. The summed E-state index contributed by atoms with van der Waals surface area (Å²) < 4.78 is 10.9. The minimum atomic E-state index is -3.03. The van der Waals surface area contributed by atoms with Crippen LogP contribution in [0.2, 0.25) is 0 Å². The number of esters is 2. The molecule has 13 heteroatoms. The Labute approximate surface area is 241 Å². The van der Waals surface area contributed by atoms with Crippen LogP contribution in [0.3, 0.4) is 0 Å². The van der Waals surface area contributed by atoms with Crippen LogP contribution >= 0.6 is 0 Å². The van der Waals surface area contributed by atoms with Gasteiger partial charge < -0.3 is 35.6 Å². The Hall–Kier alpha value is -4.23. The fraction of sp³-hybridized carbons (Fsp3) is 0.483. The molecule has 0 bridgehead atoms. The van der Waals surface area contributed by atoms with Crippen LogP contribution in [0.25, 0.3) is 5.76 Å². The van der Waals surface area contributed by atoms with Crippen LogP contribution in [0, 0.1) is 11.8 Å². The van der Waals surface area contributed by atoms with E-state index in [1.54, 1.807) is 6.07 Å². The van der Waals surface area contributed by atoms with Gasteiger partial charge in [-0.05, 0) is 38.6 Å². The van der Waals surface area contributed by atoms with Crippen LogP contribution in [-0.2, 0) is 39.9 Å². The number of unbranched alkanes of at least 4 members (excludes halogenated alkanes) is 1. The van der Waals surface area contributed by atoms with Crippen LogP contribution in [0.4, 0.5) is 0 Å². The van der Waals surface area contributed by atoms with Crippen LogP contribution in [-0.4, -0.2) is 93.2 Å². The van der Waals surface area contributed by atoms with E-state index in [1.807, 2.05) is 6.92 Å². The lowest BCUT2D eigenvalue weighted by Crippen LogP contribution is -2.70. The number of nitrogens with zero attached hydrogens (tertiary/aromatic N) is 1. The highest BCUT2D eigenvalue weighted by molar-refractivity contribution is 6.24. The first-order valence-electron chi connectivity index (χ1n) is 13.6. The molecule has 1 fully saturated rings. The Morgan fingerprint density at radius 2 is 1.76 bits per heavy atom. The van der Waals surface area contributed by atoms with Crippen molar-refractivity contribution in [1.82, 2.24) is 4.90 Å². The normalized spacial score (nSPS) is 26.9. The predicted octanol–water partition coefficient (Wildman–Crippen LogP) is 0.609. The first-order chi connectivity index (χ1) is 19.8. The number of rotatable bonds is 9. The summed E-state index contributed by atoms with van der Waals surface area (Å²) >= 11 is 0. The van der Waals surface area contributed by atoms with Crippen molar-refractivity contribution in [2.24, 2.45) is 17.6 Å². The molecule has 1 aromatic rings. The quantitative estimate of drug-likeness (QED) is 0.153. The van der Waals surface area contributed by atoms with Gasteiger partial charge >= 0.3 is 11.9 Å². The van der Waals surface area contributed by atoms with Gasteiger partial charge in [0.1, 0.15) is 28.9 Å². The zero-order valence-corrected chi connectivity index (χ0v) is 23.5. The molecule has 1 aromatic carbocycles. The van der Waals surface area contributed by atoms with Gasteiger partial charge in [-0.25, -0.2) is 0 Å². The molecule has 6 N–H and O–H groups in total. The van der Waals surface area contributed by atoms with Crippen molar-refractivity contribution in [3.63, 3.8) is 0 Å². The van der Waals surface area contributed by atoms with E-state index in [0.717, 1.165) is 6.42 Å². The fourth-order valence-corrected chi connectivity index (χ4v) is 6.14. The number of benzene rings is 1. The molecule has 3 aliphatic carbocycles. The molecule has 0 aliphatic heterocycles. The van der Waals surface area contributed by atoms with Crippen molar-refractivity contribution in [3.8, 4) is 5.75 Å². The molecule has 226 valence electrons. The molecule has 1 amide bonds. The number of ether oxygens (including phenoxy) is 2. The van der Waals surface area contributed by atoms with E-state index >= 15 is 0 Å². The fourth-order valence-electron chi connectivity index (χ4n) is 6.14.